The number of carbonyl (C=O) groups excluding carboxylic acids is 1. The molecule has 0 atom stereocenters. The number of carbonyl (C=O) groups is 1. The van der Waals surface area contributed by atoms with Crippen molar-refractivity contribution >= 4 is 34.7 Å². The SMILES string of the molecule is COc1ccccc1C(=O)Nc1ccc(Nc2ccc(Cl)cc2C)cn1. The van der Waals surface area contributed by atoms with Crippen LogP contribution in [0.1, 0.15) is 15.9 Å². The first-order chi connectivity index (χ1) is 12.6. The average Bonchev–Trinajstić information content (AvgIpc) is 2.65. The van der Waals surface area contributed by atoms with Crippen molar-refractivity contribution in [3.8, 4) is 5.75 Å². The van der Waals surface area contributed by atoms with Crippen molar-refractivity contribution in [3.05, 3.63) is 76.9 Å². The fraction of sp³-hybridized carbons (Fsp3) is 0.100. The van der Waals surface area contributed by atoms with E-state index in [9.17, 15) is 4.79 Å². The number of aromatic nitrogens is 1. The lowest BCUT2D eigenvalue weighted by molar-refractivity contribution is 0.102. The number of amides is 1. The normalized spacial score (nSPS) is 10.3. The van der Waals surface area contributed by atoms with E-state index in [1.165, 1.54) is 7.11 Å². The van der Waals surface area contributed by atoms with Crippen LogP contribution in [0.5, 0.6) is 5.75 Å². The lowest BCUT2D eigenvalue weighted by atomic mass is 10.2. The van der Waals surface area contributed by atoms with Gasteiger partial charge in [-0.3, -0.25) is 4.79 Å². The van der Waals surface area contributed by atoms with Gasteiger partial charge in [0.25, 0.3) is 5.91 Å². The number of pyridine rings is 1. The number of hydrogen-bond donors (Lipinski definition) is 2. The molecule has 3 rings (SSSR count). The molecule has 26 heavy (non-hydrogen) atoms. The molecular formula is C20H18ClN3O2. The van der Waals surface area contributed by atoms with Gasteiger partial charge in [-0.2, -0.15) is 0 Å². The van der Waals surface area contributed by atoms with Crippen LogP contribution in [-0.4, -0.2) is 18.0 Å². The van der Waals surface area contributed by atoms with E-state index in [1.807, 2.05) is 37.3 Å². The van der Waals surface area contributed by atoms with E-state index in [-0.39, 0.29) is 5.91 Å². The Bertz CT molecular complexity index is 927. The van der Waals surface area contributed by atoms with E-state index in [0.717, 1.165) is 16.9 Å². The number of ether oxygens (including phenoxy) is 1. The first kappa shape index (κ1) is 17.8. The molecule has 3 aromatic rings. The molecule has 2 N–H and O–H groups in total. The number of aryl methyl sites for hydroxylation is 1. The number of rotatable bonds is 5. The van der Waals surface area contributed by atoms with Crippen molar-refractivity contribution in [1.82, 2.24) is 4.98 Å². The Labute approximate surface area is 157 Å². The zero-order chi connectivity index (χ0) is 18.5. The van der Waals surface area contributed by atoms with E-state index >= 15 is 0 Å². The second-order valence-electron chi connectivity index (χ2n) is 5.67. The molecule has 0 saturated carbocycles. The summed E-state index contributed by atoms with van der Waals surface area (Å²) in [6, 6.07) is 16.2. The van der Waals surface area contributed by atoms with Crippen LogP contribution in [0.2, 0.25) is 5.02 Å². The molecule has 0 aliphatic carbocycles. The molecule has 0 bridgehead atoms. The number of nitrogens with zero attached hydrogens (tertiary/aromatic N) is 1. The van der Waals surface area contributed by atoms with Gasteiger partial charge in [0.05, 0.1) is 24.6 Å². The van der Waals surface area contributed by atoms with Crippen LogP contribution in [0.15, 0.2) is 60.8 Å². The van der Waals surface area contributed by atoms with Gasteiger partial charge in [-0.05, 0) is 55.0 Å². The van der Waals surface area contributed by atoms with Crippen molar-refractivity contribution in [1.29, 1.82) is 0 Å². The summed E-state index contributed by atoms with van der Waals surface area (Å²) in [5.74, 6) is 0.699. The molecule has 1 heterocycles. The molecule has 2 aromatic carbocycles. The molecule has 0 fully saturated rings. The molecule has 0 unspecified atom stereocenters. The summed E-state index contributed by atoms with van der Waals surface area (Å²) in [7, 11) is 1.53. The Morgan fingerprint density at radius 2 is 1.92 bits per heavy atom. The highest BCUT2D eigenvalue weighted by molar-refractivity contribution is 6.30. The minimum atomic E-state index is -0.274. The molecular weight excluding hydrogens is 350 g/mol. The predicted molar refractivity (Wildman–Crippen MR) is 105 cm³/mol. The van der Waals surface area contributed by atoms with Crippen molar-refractivity contribution in [2.75, 3.05) is 17.7 Å². The van der Waals surface area contributed by atoms with Gasteiger partial charge in [-0.15, -0.1) is 0 Å². The first-order valence-electron chi connectivity index (χ1n) is 8.00. The fourth-order valence-corrected chi connectivity index (χ4v) is 2.71. The first-order valence-corrected chi connectivity index (χ1v) is 8.38. The average molecular weight is 368 g/mol. The molecule has 132 valence electrons. The monoisotopic (exact) mass is 367 g/mol. The Morgan fingerprint density at radius 1 is 1.12 bits per heavy atom. The Hall–Kier alpha value is -3.05. The lowest BCUT2D eigenvalue weighted by Crippen LogP contribution is -2.14. The predicted octanol–water partition coefficient (Wildman–Crippen LogP) is 5.05. The lowest BCUT2D eigenvalue weighted by Gasteiger charge is -2.11. The van der Waals surface area contributed by atoms with Crippen LogP contribution in [0, 0.1) is 6.92 Å². The third kappa shape index (κ3) is 4.13. The molecule has 1 amide bonds. The maximum absolute atomic E-state index is 12.4. The topological polar surface area (TPSA) is 63.2 Å². The van der Waals surface area contributed by atoms with Gasteiger partial charge in [0, 0.05) is 10.7 Å². The van der Waals surface area contributed by atoms with Crippen molar-refractivity contribution < 1.29 is 9.53 Å². The second kappa shape index (κ2) is 7.89. The molecule has 0 aliphatic heterocycles. The highest BCUT2D eigenvalue weighted by Crippen LogP contribution is 2.24. The number of benzene rings is 2. The van der Waals surface area contributed by atoms with Crippen LogP contribution >= 0.6 is 11.6 Å². The van der Waals surface area contributed by atoms with Gasteiger partial charge in [0.15, 0.2) is 0 Å². The van der Waals surface area contributed by atoms with E-state index in [2.05, 4.69) is 15.6 Å². The number of anilines is 3. The van der Waals surface area contributed by atoms with Crippen LogP contribution < -0.4 is 15.4 Å². The molecule has 0 radical (unpaired) electrons. The van der Waals surface area contributed by atoms with E-state index in [4.69, 9.17) is 16.3 Å². The number of hydrogen-bond acceptors (Lipinski definition) is 4. The maximum atomic E-state index is 12.4. The van der Waals surface area contributed by atoms with Crippen molar-refractivity contribution in [2.45, 2.75) is 6.92 Å². The van der Waals surface area contributed by atoms with Gasteiger partial charge in [-0.25, -0.2) is 4.98 Å². The molecule has 0 spiro atoms. The maximum Gasteiger partial charge on any atom is 0.260 e. The van der Waals surface area contributed by atoms with Crippen LogP contribution in [-0.2, 0) is 0 Å². The minimum absolute atomic E-state index is 0.274. The fourth-order valence-electron chi connectivity index (χ4n) is 2.48. The summed E-state index contributed by atoms with van der Waals surface area (Å²) in [5.41, 5.74) is 3.24. The van der Waals surface area contributed by atoms with E-state index in [1.54, 1.807) is 30.5 Å². The summed E-state index contributed by atoms with van der Waals surface area (Å²) >= 11 is 5.97. The third-order valence-electron chi connectivity index (χ3n) is 3.82. The summed E-state index contributed by atoms with van der Waals surface area (Å²) < 4.78 is 5.21. The van der Waals surface area contributed by atoms with Gasteiger partial charge in [0.1, 0.15) is 11.6 Å². The zero-order valence-corrected chi connectivity index (χ0v) is 15.2. The number of nitrogens with one attached hydrogen (secondary N) is 2. The van der Waals surface area contributed by atoms with Crippen LogP contribution in [0.25, 0.3) is 0 Å². The number of para-hydroxylation sites is 1. The van der Waals surface area contributed by atoms with Gasteiger partial charge in [-0.1, -0.05) is 23.7 Å². The second-order valence-corrected chi connectivity index (χ2v) is 6.11. The highest BCUT2D eigenvalue weighted by atomic mass is 35.5. The highest BCUT2D eigenvalue weighted by Gasteiger charge is 2.12. The quantitative estimate of drug-likeness (QED) is 0.662. The van der Waals surface area contributed by atoms with Crippen molar-refractivity contribution in [3.63, 3.8) is 0 Å². The molecule has 0 aliphatic rings. The van der Waals surface area contributed by atoms with Crippen molar-refractivity contribution in [2.24, 2.45) is 0 Å². The smallest absolute Gasteiger partial charge is 0.260 e. The van der Waals surface area contributed by atoms with Gasteiger partial charge in [0.2, 0.25) is 0 Å². The minimum Gasteiger partial charge on any atom is -0.496 e. The summed E-state index contributed by atoms with van der Waals surface area (Å²) in [6.07, 6.45) is 1.66. The van der Waals surface area contributed by atoms with Gasteiger partial charge < -0.3 is 15.4 Å². The summed E-state index contributed by atoms with van der Waals surface area (Å²) in [5, 5.41) is 6.74. The van der Waals surface area contributed by atoms with Crippen LogP contribution in [0.3, 0.4) is 0 Å². The van der Waals surface area contributed by atoms with E-state index < -0.39 is 0 Å². The molecule has 5 nitrogen and oxygen atoms in total. The van der Waals surface area contributed by atoms with E-state index in [0.29, 0.717) is 22.2 Å². The Balaban J connectivity index is 1.70. The van der Waals surface area contributed by atoms with Crippen LogP contribution in [0.4, 0.5) is 17.2 Å². The molecule has 1 aromatic heterocycles. The molecule has 6 heteroatoms. The summed E-state index contributed by atoms with van der Waals surface area (Å²) in [6.45, 7) is 1.98. The zero-order valence-electron chi connectivity index (χ0n) is 14.4. The standard InChI is InChI=1S/C20H18ClN3O2/c1-13-11-14(21)7-9-17(13)23-15-8-10-19(22-12-15)24-20(25)16-5-3-4-6-18(16)26-2/h3-12,23H,1-2H3,(H,22,24,25). The Morgan fingerprint density at radius 3 is 2.62 bits per heavy atom. The third-order valence-corrected chi connectivity index (χ3v) is 4.06. The largest absolute Gasteiger partial charge is 0.496 e. The number of halogens is 1. The molecule has 0 saturated heterocycles. The number of methoxy groups -OCH3 is 1. The summed E-state index contributed by atoms with van der Waals surface area (Å²) in [4.78, 5) is 16.7. The Kier molecular flexibility index (Phi) is 5.39. The van der Waals surface area contributed by atoms with Gasteiger partial charge >= 0.3 is 0 Å².